The Labute approximate surface area is 158 Å². The third kappa shape index (κ3) is 2.49. The van der Waals surface area contributed by atoms with Crippen LogP contribution in [0.25, 0.3) is 27.8 Å². The summed E-state index contributed by atoms with van der Waals surface area (Å²) in [6.07, 6.45) is 5.11. The van der Waals surface area contributed by atoms with Gasteiger partial charge in [0.1, 0.15) is 24.2 Å². The topological polar surface area (TPSA) is 109 Å². The van der Waals surface area contributed by atoms with E-state index in [1.807, 2.05) is 29.8 Å². The molecular formula is C18H16N8O2. The van der Waals surface area contributed by atoms with E-state index in [0.29, 0.717) is 29.8 Å². The Morgan fingerprint density at radius 1 is 1.18 bits per heavy atom. The maximum Gasteiger partial charge on any atom is 0.246 e. The van der Waals surface area contributed by atoms with E-state index in [-0.39, 0.29) is 0 Å². The van der Waals surface area contributed by atoms with Gasteiger partial charge in [0.15, 0.2) is 11.5 Å². The summed E-state index contributed by atoms with van der Waals surface area (Å²) in [4.78, 5) is 17.6. The van der Waals surface area contributed by atoms with Crippen molar-refractivity contribution in [3.05, 3.63) is 48.4 Å². The van der Waals surface area contributed by atoms with Gasteiger partial charge in [-0.1, -0.05) is 5.16 Å². The van der Waals surface area contributed by atoms with Crippen molar-refractivity contribution in [3.63, 3.8) is 0 Å². The Bertz CT molecular complexity index is 1320. The van der Waals surface area contributed by atoms with E-state index in [1.54, 1.807) is 24.7 Å². The van der Waals surface area contributed by atoms with Crippen LogP contribution in [0.1, 0.15) is 17.5 Å². The summed E-state index contributed by atoms with van der Waals surface area (Å²) in [5, 5.41) is 8.09. The molecule has 0 radical (unpaired) electrons. The molecule has 0 aliphatic heterocycles. The molecule has 5 heterocycles. The van der Waals surface area contributed by atoms with Gasteiger partial charge in [0.05, 0.1) is 12.6 Å². The number of pyridine rings is 1. The molecule has 140 valence electrons. The van der Waals surface area contributed by atoms with Gasteiger partial charge >= 0.3 is 0 Å². The first kappa shape index (κ1) is 16.4. The summed E-state index contributed by atoms with van der Waals surface area (Å²) in [5.74, 6) is 2.44. The number of hydrogen-bond acceptors (Lipinski definition) is 8. The molecule has 0 aromatic carbocycles. The predicted molar refractivity (Wildman–Crippen MR) is 98.9 cm³/mol. The van der Waals surface area contributed by atoms with E-state index in [4.69, 9.17) is 9.26 Å². The van der Waals surface area contributed by atoms with E-state index in [1.165, 1.54) is 6.33 Å². The van der Waals surface area contributed by atoms with Crippen LogP contribution >= 0.6 is 0 Å². The molecule has 0 saturated carbocycles. The van der Waals surface area contributed by atoms with Crippen molar-refractivity contribution in [2.45, 2.75) is 20.4 Å². The number of ether oxygens (including phenoxy) is 1. The number of hydrogen-bond donors (Lipinski definition) is 0. The van der Waals surface area contributed by atoms with Crippen molar-refractivity contribution >= 4 is 16.7 Å². The quantitative estimate of drug-likeness (QED) is 0.469. The molecule has 10 heteroatoms. The minimum absolute atomic E-state index is 0.428. The Kier molecular flexibility index (Phi) is 3.57. The zero-order valence-corrected chi connectivity index (χ0v) is 15.5. The zero-order chi connectivity index (χ0) is 19.3. The van der Waals surface area contributed by atoms with Gasteiger partial charge in [0, 0.05) is 23.5 Å². The van der Waals surface area contributed by atoms with E-state index in [9.17, 15) is 0 Å². The highest BCUT2D eigenvalue weighted by Crippen LogP contribution is 2.31. The van der Waals surface area contributed by atoms with E-state index in [2.05, 4.69) is 30.2 Å². The SMILES string of the molecule is COc1ncnn2ccc(-c3cnc4nc(C)n(Cc5nc(C)no5)c4c3)c12. The Balaban J connectivity index is 1.67. The number of imidazole rings is 1. The van der Waals surface area contributed by atoms with Gasteiger partial charge in [0.2, 0.25) is 11.8 Å². The van der Waals surface area contributed by atoms with E-state index < -0.39 is 0 Å². The normalized spacial score (nSPS) is 11.5. The van der Waals surface area contributed by atoms with Crippen LogP contribution in [0.2, 0.25) is 0 Å². The largest absolute Gasteiger partial charge is 0.479 e. The molecule has 0 spiro atoms. The number of nitrogens with zero attached hydrogens (tertiary/aromatic N) is 8. The first-order valence-corrected chi connectivity index (χ1v) is 8.63. The fraction of sp³-hybridized carbons (Fsp3) is 0.222. The van der Waals surface area contributed by atoms with Crippen LogP contribution in [0.15, 0.2) is 35.4 Å². The van der Waals surface area contributed by atoms with Gasteiger partial charge in [-0.25, -0.2) is 14.5 Å². The molecule has 0 bridgehead atoms. The maximum atomic E-state index is 5.41. The molecule has 5 aromatic rings. The van der Waals surface area contributed by atoms with Crippen molar-refractivity contribution in [2.75, 3.05) is 7.11 Å². The second-order valence-corrected chi connectivity index (χ2v) is 6.34. The highest BCUT2D eigenvalue weighted by molar-refractivity contribution is 5.87. The second kappa shape index (κ2) is 6.12. The number of aryl methyl sites for hydroxylation is 2. The van der Waals surface area contributed by atoms with Crippen LogP contribution < -0.4 is 4.74 Å². The molecule has 0 aliphatic carbocycles. The molecule has 28 heavy (non-hydrogen) atoms. The van der Waals surface area contributed by atoms with Gasteiger partial charge in [-0.3, -0.25) is 0 Å². The molecule has 0 fully saturated rings. The summed E-state index contributed by atoms with van der Waals surface area (Å²) in [7, 11) is 1.59. The Hall–Kier alpha value is -3.82. The fourth-order valence-corrected chi connectivity index (χ4v) is 3.31. The summed E-state index contributed by atoms with van der Waals surface area (Å²) in [6, 6.07) is 4.00. The molecule has 0 amide bonds. The summed E-state index contributed by atoms with van der Waals surface area (Å²) in [6.45, 7) is 4.14. The zero-order valence-electron chi connectivity index (χ0n) is 15.5. The number of fused-ring (bicyclic) bond motifs is 2. The van der Waals surface area contributed by atoms with Crippen LogP contribution in [0, 0.1) is 13.8 Å². The van der Waals surface area contributed by atoms with Crippen LogP contribution in [0.4, 0.5) is 0 Å². The summed E-state index contributed by atoms with van der Waals surface area (Å²) >= 11 is 0. The average Bonchev–Trinajstić information content (AvgIpc) is 3.39. The van der Waals surface area contributed by atoms with Crippen LogP contribution in [-0.4, -0.2) is 46.4 Å². The first-order chi connectivity index (χ1) is 13.6. The summed E-state index contributed by atoms with van der Waals surface area (Å²) < 4.78 is 14.4. The molecule has 0 unspecified atom stereocenters. The lowest BCUT2D eigenvalue weighted by Crippen LogP contribution is -2.02. The van der Waals surface area contributed by atoms with Crippen molar-refractivity contribution in [1.29, 1.82) is 0 Å². The van der Waals surface area contributed by atoms with Crippen molar-refractivity contribution in [3.8, 4) is 17.0 Å². The van der Waals surface area contributed by atoms with Crippen molar-refractivity contribution in [1.82, 2.24) is 39.3 Å². The van der Waals surface area contributed by atoms with Crippen molar-refractivity contribution in [2.24, 2.45) is 0 Å². The van der Waals surface area contributed by atoms with E-state index in [0.717, 1.165) is 28.0 Å². The number of rotatable bonds is 4. The number of aromatic nitrogens is 8. The highest BCUT2D eigenvalue weighted by atomic mass is 16.5. The smallest absolute Gasteiger partial charge is 0.246 e. The third-order valence-corrected chi connectivity index (χ3v) is 4.58. The van der Waals surface area contributed by atoms with Crippen LogP contribution in [-0.2, 0) is 6.54 Å². The van der Waals surface area contributed by atoms with Gasteiger partial charge in [0.25, 0.3) is 0 Å². The molecule has 10 nitrogen and oxygen atoms in total. The van der Waals surface area contributed by atoms with Crippen molar-refractivity contribution < 1.29 is 9.26 Å². The minimum Gasteiger partial charge on any atom is -0.479 e. The predicted octanol–water partition coefficient (Wildman–Crippen LogP) is 2.20. The second-order valence-electron chi connectivity index (χ2n) is 6.34. The van der Waals surface area contributed by atoms with Gasteiger partial charge in [-0.2, -0.15) is 15.1 Å². The number of methoxy groups -OCH3 is 1. The molecule has 0 saturated heterocycles. The molecule has 5 rings (SSSR count). The molecule has 5 aromatic heterocycles. The lowest BCUT2D eigenvalue weighted by molar-refractivity contribution is 0.368. The lowest BCUT2D eigenvalue weighted by Gasteiger charge is -2.06. The van der Waals surface area contributed by atoms with Gasteiger partial charge in [-0.15, -0.1) is 0 Å². The lowest BCUT2D eigenvalue weighted by atomic mass is 10.1. The summed E-state index contributed by atoms with van der Waals surface area (Å²) in [5.41, 5.74) is 4.14. The van der Waals surface area contributed by atoms with Crippen LogP contribution in [0.3, 0.4) is 0 Å². The fourth-order valence-electron chi connectivity index (χ4n) is 3.31. The minimum atomic E-state index is 0.428. The molecule has 0 N–H and O–H groups in total. The molecular weight excluding hydrogens is 360 g/mol. The highest BCUT2D eigenvalue weighted by Gasteiger charge is 2.16. The molecule has 0 atom stereocenters. The molecule has 0 aliphatic rings. The van der Waals surface area contributed by atoms with Gasteiger partial charge < -0.3 is 13.8 Å². The van der Waals surface area contributed by atoms with Gasteiger partial charge in [-0.05, 0) is 26.0 Å². The van der Waals surface area contributed by atoms with Crippen LogP contribution in [0.5, 0.6) is 5.88 Å². The third-order valence-electron chi connectivity index (χ3n) is 4.58. The Morgan fingerprint density at radius 2 is 2.07 bits per heavy atom. The average molecular weight is 376 g/mol. The maximum absolute atomic E-state index is 5.41. The van der Waals surface area contributed by atoms with E-state index >= 15 is 0 Å². The monoisotopic (exact) mass is 376 g/mol. The Morgan fingerprint density at radius 3 is 2.86 bits per heavy atom. The standard InChI is InChI=1S/C18H16N8O2/c1-10-22-15(28-24-10)8-25-11(2)23-17-14(25)6-12(7-19-17)13-4-5-26-16(13)18(27-3)20-9-21-26/h4-7,9H,8H2,1-3H3. The first-order valence-electron chi connectivity index (χ1n) is 8.63.